The Hall–Kier alpha value is -2.16. The Bertz CT molecular complexity index is 620. The molecule has 0 N–H and O–H groups in total. The number of ketones is 1. The molecule has 0 unspecified atom stereocenters. The molecule has 0 radical (unpaired) electrons. The molecule has 0 saturated heterocycles. The summed E-state index contributed by atoms with van der Waals surface area (Å²) in [6.07, 6.45) is 1.21. The highest BCUT2D eigenvalue weighted by Gasteiger charge is 2.08. The van der Waals surface area contributed by atoms with Crippen LogP contribution in [0.2, 0.25) is 0 Å². The van der Waals surface area contributed by atoms with Gasteiger partial charge in [0.2, 0.25) is 0 Å². The van der Waals surface area contributed by atoms with Crippen LogP contribution in [0.1, 0.15) is 18.9 Å². The second-order valence-electron chi connectivity index (χ2n) is 4.75. The lowest BCUT2D eigenvalue weighted by atomic mass is 9.99. The number of carbonyl (C=O) groups is 1. The number of methoxy groups -OCH3 is 1. The Morgan fingerprint density at radius 1 is 1.20 bits per heavy atom. The zero-order chi connectivity index (χ0) is 14.5. The first-order valence-corrected chi connectivity index (χ1v) is 6.52. The van der Waals surface area contributed by atoms with Crippen LogP contribution in [0.25, 0.3) is 11.1 Å². The van der Waals surface area contributed by atoms with Gasteiger partial charge in [0.1, 0.15) is 17.3 Å². The fourth-order valence-electron chi connectivity index (χ4n) is 2.12. The molecule has 0 atom stereocenters. The topological polar surface area (TPSA) is 26.3 Å². The second-order valence-corrected chi connectivity index (χ2v) is 4.75. The first-order valence-electron chi connectivity index (χ1n) is 6.52. The average molecular weight is 272 g/mol. The van der Waals surface area contributed by atoms with E-state index in [4.69, 9.17) is 4.74 Å². The number of halogens is 1. The van der Waals surface area contributed by atoms with Crippen LogP contribution in [0, 0.1) is 5.82 Å². The number of carbonyl (C=O) groups excluding carboxylic acids is 1. The Balaban J connectivity index is 2.35. The van der Waals surface area contributed by atoms with E-state index in [1.54, 1.807) is 20.1 Å². The summed E-state index contributed by atoms with van der Waals surface area (Å²) in [6.45, 7) is 1.58. The molecule has 2 rings (SSSR count). The van der Waals surface area contributed by atoms with Crippen molar-refractivity contribution in [1.29, 1.82) is 0 Å². The van der Waals surface area contributed by atoms with Crippen molar-refractivity contribution in [3.05, 3.63) is 53.8 Å². The molecule has 0 heterocycles. The van der Waals surface area contributed by atoms with Crippen molar-refractivity contribution in [2.45, 2.75) is 19.8 Å². The van der Waals surface area contributed by atoms with E-state index < -0.39 is 0 Å². The Labute approximate surface area is 118 Å². The quantitative estimate of drug-likeness (QED) is 0.821. The van der Waals surface area contributed by atoms with Crippen molar-refractivity contribution in [2.24, 2.45) is 0 Å². The number of rotatable bonds is 5. The largest absolute Gasteiger partial charge is 0.496 e. The third-order valence-electron chi connectivity index (χ3n) is 3.17. The number of ether oxygens (including phenoxy) is 1. The Morgan fingerprint density at radius 2 is 2.00 bits per heavy atom. The van der Waals surface area contributed by atoms with Gasteiger partial charge in [-0.3, -0.25) is 0 Å². The summed E-state index contributed by atoms with van der Waals surface area (Å²) in [4.78, 5) is 11.0. The normalized spacial score (nSPS) is 10.3. The molecule has 2 aromatic carbocycles. The summed E-state index contributed by atoms with van der Waals surface area (Å²) in [5, 5.41) is 0. The van der Waals surface area contributed by atoms with E-state index in [-0.39, 0.29) is 11.6 Å². The van der Waals surface area contributed by atoms with Crippen molar-refractivity contribution in [3.8, 4) is 16.9 Å². The van der Waals surface area contributed by atoms with Crippen molar-refractivity contribution in [1.82, 2.24) is 0 Å². The fourth-order valence-corrected chi connectivity index (χ4v) is 2.12. The lowest BCUT2D eigenvalue weighted by Gasteiger charge is -2.10. The maximum absolute atomic E-state index is 13.4. The number of benzene rings is 2. The van der Waals surface area contributed by atoms with Crippen LogP contribution in [0.15, 0.2) is 42.5 Å². The maximum atomic E-state index is 13.4. The van der Waals surface area contributed by atoms with E-state index in [2.05, 4.69) is 0 Å². The molecular weight excluding hydrogens is 255 g/mol. The van der Waals surface area contributed by atoms with Gasteiger partial charge in [-0.15, -0.1) is 0 Å². The number of hydrogen-bond acceptors (Lipinski definition) is 2. The third kappa shape index (κ3) is 3.44. The number of Topliss-reactive ketones (excluding diaryl/α,β-unsaturated/α-hetero) is 1. The van der Waals surface area contributed by atoms with Crippen LogP contribution in [0.4, 0.5) is 4.39 Å². The summed E-state index contributed by atoms with van der Waals surface area (Å²) < 4.78 is 18.7. The minimum atomic E-state index is -0.296. The standard InChI is InChI=1S/C17H17FO2/c1-12(19)6-7-13-4-3-5-14(10-13)16-11-15(18)8-9-17(16)20-2/h3-5,8-11H,6-7H2,1-2H3. The minimum absolute atomic E-state index is 0.165. The first kappa shape index (κ1) is 14.3. The van der Waals surface area contributed by atoms with Crippen LogP contribution in [-0.2, 0) is 11.2 Å². The number of hydrogen-bond donors (Lipinski definition) is 0. The van der Waals surface area contributed by atoms with Gasteiger partial charge in [0.15, 0.2) is 0 Å². The molecule has 20 heavy (non-hydrogen) atoms. The molecule has 2 nitrogen and oxygen atoms in total. The van der Waals surface area contributed by atoms with Gasteiger partial charge in [-0.05, 0) is 42.7 Å². The monoisotopic (exact) mass is 272 g/mol. The lowest BCUT2D eigenvalue weighted by molar-refractivity contribution is -0.116. The maximum Gasteiger partial charge on any atom is 0.130 e. The highest BCUT2D eigenvalue weighted by Crippen LogP contribution is 2.31. The smallest absolute Gasteiger partial charge is 0.130 e. The zero-order valence-corrected chi connectivity index (χ0v) is 11.7. The molecule has 0 fully saturated rings. The molecule has 2 aromatic rings. The van der Waals surface area contributed by atoms with Gasteiger partial charge in [-0.1, -0.05) is 24.3 Å². The molecule has 0 amide bonds. The van der Waals surface area contributed by atoms with E-state index in [9.17, 15) is 9.18 Å². The average Bonchev–Trinajstić information content (AvgIpc) is 2.45. The summed E-state index contributed by atoms with van der Waals surface area (Å²) in [5.41, 5.74) is 2.67. The first-order chi connectivity index (χ1) is 9.60. The predicted molar refractivity (Wildman–Crippen MR) is 77.4 cm³/mol. The van der Waals surface area contributed by atoms with Gasteiger partial charge in [0, 0.05) is 12.0 Å². The highest BCUT2D eigenvalue weighted by molar-refractivity contribution is 5.76. The van der Waals surface area contributed by atoms with Crippen LogP contribution >= 0.6 is 0 Å². The summed E-state index contributed by atoms with van der Waals surface area (Å²) in [5.74, 6) is 0.504. The molecule has 104 valence electrons. The zero-order valence-electron chi connectivity index (χ0n) is 11.7. The molecule has 0 spiro atoms. The van der Waals surface area contributed by atoms with Gasteiger partial charge in [-0.25, -0.2) is 4.39 Å². The molecule has 0 bridgehead atoms. The van der Waals surface area contributed by atoms with Crippen molar-refractivity contribution in [2.75, 3.05) is 7.11 Å². The van der Waals surface area contributed by atoms with Gasteiger partial charge in [0.05, 0.1) is 7.11 Å². The van der Waals surface area contributed by atoms with Gasteiger partial charge >= 0.3 is 0 Å². The molecule has 0 aliphatic carbocycles. The molecular formula is C17H17FO2. The molecule has 3 heteroatoms. The highest BCUT2D eigenvalue weighted by atomic mass is 19.1. The fraction of sp³-hybridized carbons (Fsp3) is 0.235. The molecule has 0 saturated carbocycles. The number of aryl methyl sites for hydroxylation is 1. The summed E-state index contributed by atoms with van der Waals surface area (Å²) >= 11 is 0. The van der Waals surface area contributed by atoms with Crippen LogP contribution in [0.5, 0.6) is 5.75 Å². The summed E-state index contributed by atoms with van der Waals surface area (Å²) in [7, 11) is 1.57. The third-order valence-corrected chi connectivity index (χ3v) is 3.17. The van der Waals surface area contributed by atoms with Crippen LogP contribution in [-0.4, -0.2) is 12.9 Å². The van der Waals surface area contributed by atoms with E-state index in [0.29, 0.717) is 18.6 Å². The lowest BCUT2D eigenvalue weighted by Crippen LogP contribution is -1.95. The van der Waals surface area contributed by atoms with Crippen molar-refractivity contribution < 1.29 is 13.9 Å². The SMILES string of the molecule is COc1ccc(F)cc1-c1cccc(CCC(C)=O)c1. The molecule has 0 aliphatic rings. The van der Waals surface area contributed by atoms with Crippen molar-refractivity contribution in [3.63, 3.8) is 0 Å². The van der Waals surface area contributed by atoms with Gasteiger partial charge in [-0.2, -0.15) is 0 Å². The van der Waals surface area contributed by atoms with Gasteiger partial charge < -0.3 is 9.53 Å². The van der Waals surface area contributed by atoms with Crippen LogP contribution in [0.3, 0.4) is 0 Å². The molecule has 0 aromatic heterocycles. The van der Waals surface area contributed by atoms with Gasteiger partial charge in [0.25, 0.3) is 0 Å². The molecule has 0 aliphatic heterocycles. The Morgan fingerprint density at radius 3 is 2.70 bits per heavy atom. The Kier molecular flexibility index (Phi) is 4.51. The predicted octanol–water partition coefficient (Wildman–Crippen LogP) is 4.02. The summed E-state index contributed by atoms with van der Waals surface area (Å²) in [6, 6.07) is 12.2. The van der Waals surface area contributed by atoms with Crippen LogP contribution < -0.4 is 4.74 Å². The minimum Gasteiger partial charge on any atom is -0.496 e. The van der Waals surface area contributed by atoms with E-state index >= 15 is 0 Å². The van der Waals surface area contributed by atoms with E-state index in [1.165, 1.54) is 12.1 Å². The van der Waals surface area contributed by atoms with E-state index in [1.807, 2.05) is 24.3 Å². The second kappa shape index (κ2) is 6.33. The van der Waals surface area contributed by atoms with Crippen molar-refractivity contribution >= 4 is 5.78 Å². The van der Waals surface area contributed by atoms with E-state index in [0.717, 1.165) is 16.7 Å².